The number of aryl methyl sites for hydroxylation is 2. The number of H-pyrrole nitrogens is 1. The molecule has 7 heteroatoms. The quantitative estimate of drug-likeness (QED) is 0.327. The molecule has 1 aliphatic carbocycles. The molecule has 5 nitrogen and oxygen atoms in total. The van der Waals surface area contributed by atoms with Crippen molar-refractivity contribution in [2.24, 2.45) is 5.92 Å². The van der Waals surface area contributed by atoms with E-state index >= 15 is 0 Å². The Morgan fingerprint density at radius 1 is 1.15 bits per heavy atom. The Balaban J connectivity index is 1.60. The van der Waals surface area contributed by atoms with Crippen LogP contribution in [0.2, 0.25) is 0 Å². The predicted molar refractivity (Wildman–Crippen MR) is 127 cm³/mol. The van der Waals surface area contributed by atoms with Crippen LogP contribution >= 0.6 is 0 Å². The molecule has 0 atom stereocenters. The lowest BCUT2D eigenvalue weighted by molar-refractivity contribution is -0.107. The lowest BCUT2D eigenvalue weighted by Gasteiger charge is -2.28. The zero-order valence-corrected chi connectivity index (χ0v) is 19.3. The van der Waals surface area contributed by atoms with E-state index in [1.807, 2.05) is 50.5 Å². The Morgan fingerprint density at radius 2 is 1.88 bits per heavy atom. The summed E-state index contributed by atoms with van der Waals surface area (Å²) >= 11 is 0. The number of benzene rings is 1. The van der Waals surface area contributed by atoms with Crippen LogP contribution in [0.5, 0.6) is 0 Å². The van der Waals surface area contributed by atoms with E-state index in [0.29, 0.717) is 31.4 Å². The molecule has 176 valence electrons. The van der Waals surface area contributed by atoms with E-state index in [1.165, 1.54) is 0 Å². The van der Waals surface area contributed by atoms with Crippen molar-refractivity contribution in [3.63, 3.8) is 0 Å². The summed E-state index contributed by atoms with van der Waals surface area (Å²) in [4.78, 5) is 19.0. The number of aromatic amines is 1. The van der Waals surface area contributed by atoms with E-state index in [-0.39, 0.29) is 18.8 Å². The maximum atomic E-state index is 13.8. The summed E-state index contributed by atoms with van der Waals surface area (Å²) in [7, 11) is 0. The highest BCUT2D eigenvalue weighted by molar-refractivity contribution is 5.97. The molecular formula is C27H27F2N3O2. The van der Waals surface area contributed by atoms with Gasteiger partial charge in [0, 0.05) is 48.3 Å². The minimum absolute atomic E-state index is 0.0599. The molecule has 1 saturated carbocycles. The predicted octanol–water partition coefficient (Wildman–Crippen LogP) is 6.61. The number of fused-ring (bicyclic) bond motifs is 1. The van der Waals surface area contributed by atoms with Crippen molar-refractivity contribution >= 4 is 17.3 Å². The van der Waals surface area contributed by atoms with Crippen molar-refractivity contribution in [1.29, 1.82) is 0 Å². The van der Waals surface area contributed by atoms with Gasteiger partial charge in [0.15, 0.2) is 0 Å². The summed E-state index contributed by atoms with van der Waals surface area (Å²) in [5, 5.41) is 4.12. The summed E-state index contributed by atoms with van der Waals surface area (Å²) in [6, 6.07) is 7.89. The number of carbonyl (C=O) groups excluding carboxylic acids is 1. The largest absolute Gasteiger partial charge is 0.361 e. The fourth-order valence-corrected chi connectivity index (χ4v) is 5.15. The van der Waals surface area contributed by atoms with Gasteiger partial charge in [-0.3, -0.25) is 4.98 Å². The highest BCUT2D eigenvalue weighted by Crippen LogP contribution is 2.41. The summed E-state index contributed by atoms with van der Waals surface area (Å²) in [5.41, 5.74) is 8.40. The summed E-state index contributed by atoms with van der Waals surface area (Å²) < 4.78 is 33.0. The normalized spacial score (nSPS) is 16.2. The molecule has 0 radical (unpaired) electrons. The fraction of sp³-hybridized carbons (Fsp3) is 0.370. The number of carbonyl (C=O) groups is 1. The molecule has 0 aliphatic heterocycles. The molecule has 0 spiro atoms. The van der Waals surface area contributed by atoms with E-state index in [1.54, 1.807) is 0 Å². The van der Waals surface area contributed by atoms with Gasteiger partial charge in [0.05, 0.1) is 16.7 Å². The molecule has 0 unspecified atom stereocenters. The van der Waals surface area contributed by atoms with Crippen LogP contribution in [0.4, 0.5) is 8.78 Å². The zero-order valence-electron chi connectivity index (χ0n) is 19.3. The van der Waals surface area contributed by atoms with Crippen LogP contribution in [-0.4, -0.2) is 27.3 Å². The van der Waals surface area contributed by atoms with E-state index in [2.05, 4.69) is 10.1 Å². The molecule has 5 rings (SSSR count). The number of alkyl halides is 2. The summed E-state index contributed by atoms with van der Waals surface area (Å²) in [5.74, 6) is -1.66. The van der Waals surface area contributed by atoms with Gasteiger partial charge >= 0.3 is 0 Å². The van der Waals surface area contributed by atoms with Crippen LogP contribution in [0.1, 0.15) is 48.3 Å². The van der Waals surface area contributed by atoms with Crippen molar-refractivity contribution in [1.82, 2.24) is 15.1 Å². The van der Waals surface area contributed by atoms with Gasteiger partial charge in [-0.15, -0.1) is 0 Å². The molecule has 1 N–H and O–H groups in total. The monoisotopic (exact) mass is 463 g/mol. The molecule has 3 heterocycles. The van der Waals surface area contributed by atoms with Gasteiger partial charge in [-0.25, -0.2) is 8.78 Å². The first-order chi connectivity index (χ1) is 16.4. The Morgan fingerprint density at radius 3 is 2.53 bits per heavy atom. The molecule has 4 aromatic rings. The van der Waals surface area contributed by atoms with Crippen LogP contribution in [0.15, 0.2) is 41.2 Å². The van der Waals surface area contributed by atoms with Gasteiger partial charge in [-0.1, -0.05) is 29.4 Å². The van der Waals surface area contributed by atoms with E-state index in [4.69, 9.17) is 9.51 Å². The minimum Gasteiger partial charge on any atom is -0.361 e. The number of rotatable bonds is 6. The molecule has 34 heavy (non-hydrogen) atoms. The number of hydrogen-bond donors (Lipinski definition) is 1. The lowest BCUT2D eigenvalue weighted by atomic mass is 9.81. The standard InChI is InChI=1S/C27H27F2N3O2/c1-16-24(17(2)34-32-16)23-15-31-26-22(20-5-3-18(4-6-20)9-12-33)14-30-25(26)21(23)13-19-7-10-27(28,29)11-8-19/h3-6,12,14-15,19,30H,7-11,13H2,1-2H3. The van der Waals surface area contributed by atoms with Crippen molar-refractivity contribution < 1.29 is 18.1 Å². The molecule has 0 bridgehead atoms. The maximum absolute atomic E-state index is 13.8. The highest BCUT2D eigenvalue weighted by Gasteiger charge is 2.35. The number of hydrogen-bond acceptors (Lipinski definition) is 4. The number of aromatic nitrogens is 3. The molecule has 1 aliphatic rings. The highest BCUT2D eigenvalue weighted by atomic mass is 19.3. The molecule has 0 saturated heterocycles. The minimum atomic E-state index is -2.55. The molecule has 0 amide bonds. The van der Waals surface area contributed by atoms with Gasteiger partial charge in [0.25, 0.3) is 0 Å². The second-order valence-corrected chi connectivity index (χ2v) is 9.35. The fourth-order valence-electron chi connectivity index (χ4n) is 5.15. The Kier molecular flexibility index (Phi) is 5.80. The number of aldehydes is 1. The average Bonchev–Trinajstić information content (AvgIpc) is 3.39. The number of halogens is 2. The van der Waals surface area contributed by atoms with Crippen LogP contribution in [0.3, 0.4) is 0 Å². The second-order valence-electron chi connectivity index (χ2n) is 9.35. The molecule has 3 aromatic heterocycles. The first kappa shape index (κ1) is 22.4. The molecular weight excluding hydrogens is 436 g/mol. The van der Waals surface area contributed by atoms with Crippen LogP contribution in [-0.2, 0) is 17.6 Å². The van der Waals surface area contributed by atoms with E-state index in [9.17, 15) is 13.6 Å². The smallest absolute Gasteiger partial charge is 0.248 e. The van der Waals surface area contributed by atoms with E-state index < -0.39 is 5.92 Å². The zero-order chi connectivity index (χ0) is 23.9. The second kappa shape index (κ2) is 8.78. The van der Waals surface area contributed by atoms with Gasteiger partial charge in [0.2, 0.25) is 5.92 Å². The lowest BCUT2D eigenvalue weighted by Crippen LogP contribution is -2.25. The number of nitrogens with one attached hydrogen (secondary N) is 1. The van der Waals surface area contributed by atoms with Crippen LogP contribution in [0.25, 0.3) is 33.3 Å². The van der Waals surface area contributed by atoms with Crippen molar-refractivity contribution in [2.45, 2.75) is 58.3 Å². The van der Waals surface area contributed by atoms with Gasteiger partial charge in [-0.05, 0) is 55.7 Å². The third kappa shape index (κ3) is 4.15. The third-order valence-corrected chi connectivity index (χ3v) is 7.02. The average molecular weight is 464 g/mol. The first-order valence-electron chi connectivity index (χ1n) is 11.7. The summed E-state index contributed by atoms with van der Waals surface area (Å²) in [6.45, 7) is 3.79. The van der Waals surface area contributed by atoms with Crippen molar-refractivity contribution in [3.8, 4) is 22.3 Å². The van der Waals surface area contributed by atoms with Gasteiger partial charge in [0.1, 0.15) is 12.0 Å². The first-order valence-corrected chi connectivity index (χ1v) is 11.7. The van der Waals surface area contributed by atoms with Crippen molar-refractivity contribution in [3.05, 3.63) is 59.2 Å². The molecule has 1 aromatic carbocycles. The SMILES string of the molecule is Cc1noc(C)c1-c1cnc2c(-c3ccc(CC=O)cc3)c[nH]c2c1CC1CCC(F)(F)CC1. The molecule has 1 fully saturated rings. The van der Waals surface area contributed by atoms with Crippen LogP contribution in [0, 0.1) is 19.8 Å². The number of nitrogens with zero attached hydrogens (tertiary/aromatic N) is 2. The van der Waals surface area contributed by atoms with Crippen LogP contribution < -0.4 is 0 Å². The van der Waals surface area contributed by atoms with Gasteiger partial charge in [-0.2, -0.15) is 0 Å². The van der Waals surface area contributed by atoms with Crippen molar-refractivity contribution in [2.75, 3.05) is 0 Å². The van der Waals surface area contributed by atoms with Gasteiger partial charge < -0.3 is 14.3 Å². The topological polar surface area (TPSA) is 71.8 Å². The number of pyridine rings is 1. The maximum Gasteiger partial charge on any atom is 0.248 e. The summed E-state index contributed by atoms with van der Waals surface area (Å²) in [6.07, 6.45) is 6.66. The Labute approximate surface area is 196 Å². The Bertz CT molecular complexity index is 1310. The third-order valence-electron chi connectivity index (χ3n) is 7.02. The Hall–Kier alpha value is -3.35. The van der Waals surface area contributed by atoms with E-state index in [0.717, 1.165) is 56.4 Å².